The van der Waals surface area contributed by atoms with E-state index in [0.717, 1.165) is 6.08 Å². The van der Waals surface area contributed by atoms with Crippen molar-refractivity contribution in [2.75, 3.05) is 4.72 Å². The number of nitrogens with one attached hydrogen (secondary N) is 2. The van der Waals surface area contributed by atoms with Crippen molar-refractivity contribution in [2.45, 2.75) is 32.6 Å². The van der Waals surface area contributed by atoms with E-state index in [-0.39, 0.29) is 4.90 Å². The number of carbonyl (C=O) groups is 1. The molecule has 7 heteroatoms. The Kier molecular flexibility index (Phi) is 11.4. The van der Waals surface area contributed by atoms with Gasteiger partial charge in [-0.2, -0.15) is 0 Å². The highest BCUT2D eigenvalue weighted by Gasteiger charge is 2.13. The number of para-hydroxylation sites is 1. The smallest absolute Gasteiger partial charge is 0.267 e. The minimum atomic E-state index is -3.71. The molecule has 0 spiro atoms. The van der Waals surface area contributed by atoms with Gasteiger partial charge in [0.15, 0.2) is 0 Å². The number of benzene rings is 2. The van der Waals surface area contributed by atoms with Crippen molar-refractivity contribution < 1.29 is 18.4 Å². The van der Waals surface area contributed by atoms with E-state index in [2.05, 4.69) is 4.72 Å². The van der Waals surface area contributed by atoms with Gasteiger partial charge >= 0.3 is 0 Å². The van der Waals surface area contributed by atoms with Gasteiger partial charge in [0.1, 0.15) is 0 Å². The maximum absolute atomic E-state index is 12.3. The summed E-state index contributed by atoms with van der Waals surface area (Å²) in [6, 6.07) is 14.6. The van der Waals surface area contributed by atoms with Gasteiger partial charge < -0.3 is 0 Å². The van der Waals surface area contributed by atoms with Gasteiger partial charge in [0.2, 0.25) is 0 Å². The molecule has 0 radical (unpaired) electrons. The Morgan fingerprint density at radius 3 is 2.15 bits per heavy atom. The Morgan fingerprint density at radius 2 is 1.58 bits per heavy atom. The quantitative estimate of drug-likeness (QED) is 0.415. The number of rotatable bonds is 5. The van der Waals surface area contributed by atoms with Crippen LogP contribution in [0.2, 0.25) is 0 Å². The highest BCUT2D eigenvalue weighted by Crippen LogP contribution is 2.17. The van der Waals surface area contributed by atoms with E-state index >= 15 is 0 Å². The molecule has 2 aromatic carbocycles. The van der Waals surface area contributed by atoms with Crippen molar-refractivity contribution >= 4 is 27.7 Å². The van der Waals surface area contributed by atoms with Crippen LogP contribution in [0.1, 0.15) is 33.3 Å². The number of hydroxylamine groups is 1. The third kappa shape index (κ3) is 7.96. The molecular weight excluding hydrogens is 352 g/mol. The number of sulfonamides is 1. The van der Waals surface area contributed by atoms with Crippen LogP contribution in [0.4, 0.5) is 5.69 Å². The molecule has 26 heavy (non-hydrogen) atoms. The molecule has 0 unspecified atom stereocenters. The van der Waals surface area contributed by atoms with E-state index < -0.39 is 15.9 Å². The maximum Gasteiger partial charge on any atom is 0.267 e. The van der Waals surface area contributed by atoms with E-state index in [1.807, 2.05) is 27.7 Å². The summed E-state index contributed by atoms with van der Waals surface area (Å²) in [7, 11) is -3.71. The highest BCUT2D eigenvalue weighted by atomic mass is 32.2. The molecule has 0 aliphatic heterocycles. The fourth-order valence-electron chi connectivity index (χ4n) is 1.71. The zero-order valence-electron chi connectivity index (χ0n) is 15.4. The van der Waals surface area contributed by atoms with Gasteiger partial charge in [-0.05, 0) is 35.9 Å². The van der Waals surface area contributed by atoms with Crippen molar-refractivity contribution in [1.82, 2.24) is 5.48 Å². The second kappa shape index (κ2) is 12.7. The van der Waals surface area contributed by atoms with Gasteiger partial charge in [0, 0.05) is 11.8 Å². The molecule has 1 amide bonds. The van der Waals surface area contributed by atoms with Crippen molar-refractivity contribution in [2.24, 2.45) is 0 Å². The van der Waals surface area contributed by atoms with E-state index in [1.54, 1.807) is 42.5 Å². The number of hydrogen-bond donors (Lipinski definition) is 3. The van der Waals surface area contributed by atoms with E-state index in [9.17, 15) is 13.2 Å². The summed E-state index contributed by atoms with van der Waals surface area (Å²) in [6.07, 6.45) is 2.49. The fraction of sp³-hybridized carbons (Fsp3) is 0.211. The SMILES string of the molecule is CC.CC.O=C(/C=C/c1cccc(S(=O)(=O)Nc2ccccc2)c1)NO. The molecule has 0 heterocycles. The standard InChI is InChI=1S/C15H14N2O4S.2C2H6/c18-15(16-19)10-9-12-5-4-8-14(11-12)22(20,21)17-13-6-2-1-3-7-13;2*1-2/h1-11,17,19H,(H,16,18);2*1-2H3/b10-9+;;. The number of anilines is 1. The minimum absolute atomic E-state index is 0.0721. The molecule has 6 nitrogen and oxygen atoms in total. The minimum Gasteiger partial charge on any atom is -0.288 e. The van der Waals surface area contributed by atoms with Crippen LogP contribution in [0.25, 0.3) is 6.08 Å². The van der Waals surface area contributed by atoms with Crippen LogP contribution >= 0.6 is 0 Å². The average Bonchev–Trinajstić information content (AvgIpc) is 2.70. The van der Waals surface area contributed by atoms with Crippen LogP contribution in [0.5, 0.6) is 0 Å². The topological polar surface area (TPSA) is 95.5 Å². The molecule has 0 atom stereocenters. The zero-order chi connectivity index (χ0) is 20.0. The molecule has 0 aliphatic rings. The van der Waals surface area contributed by atoms with Crippen LogP contribution in [0, 0.1) is 0 Å². The van der Waals surface area contributed by atoms with Gasteiger partial charge in [0.25, 0.3) is 15.9 Å². The molecule has 2 aromatic rings. The Labute approximate surface area is 155 Å². The Bertz CT molecular complexity index is 788. The van der Waals surface area contributed by atoms with Crippen molar-refractivity contribution in [3.63, 3.8) is 0 Å². The zero-order valence-corrected chi connectivity index (χ0v) is 16.2. The summed E-state index contributed by atoms with van der Waals surface area (Å²) in [4.78, 5) is 11.0. The van der Waals surface area contributed by atoms with E-state index in [0.29, 0.717) is 11.3 Å². The summed E-state index contributed by atoms with van der Waals surface area (Å²) >= 11 is 0. The lowest BCUT2D eigenvalue weighted by Gasteiger charge is -2.08. The van der Waals surface area contributed by atoms with Crippen LogP contribution in [-0.2, 0) is 14.8 Å². The first kappa shape index (κ1) is 23.4. The van der Waals surface area contributed by atoms with Crippen LogP contribution in [0.15, 0.2) is 65.6 Å². The van der Waals surface area contributed by atoms with Crippen LogP contribution in [-0.4, -0.2) is 19.5 Å². The second-order valence-electron chi connectivity index (χ2n) is 4.35. The second-order valence-corrected chi connectivity index (χ2v) is 6.04. The molecule has 0 fully saturated rings. The summed E-state index contributed by atoms with van der Waals surface area (Å²) < 4.78 is 27.1. The lowest BCUT2D eigenvalue weighted by Crippen LogP contribution is -2.15. The molecule has 142 valence electrons. The largest absolute Gasteiger partial charge is 0.288 e. The monoisotopic (exact) mass is 378 g/mol. The average molecular weight is 378 g/mol. The summed E-state index contributed by atoms with van der Waals surface area (Å²) in [5.41, 5.74) is 2.43. The van der Waals surface area contributed by atoms with Gasteiger partial charge in [0.05, 0.1) is 4.90 Å². The summed E-state index contributed by atoms with van der Waals surface area (Å²) in [5.74, 6) is -0.698. The predicted molar refractivity (Wildman–Crippen MR) is 105 cm³/mol. The molecule has 0 aliphatic carbocycles. The Morgan fingerprint density at radius 1 is 0.962 bits per heavy atom. The van der Waals surface area contributed by atoms with Crippen LogP contribution < -0.4 is 10.2 Å². The Balaban J connectivity index is 0.00000146. The number of hydrogen-bond acceptors (Lipinski definition) is 4. The normalized spacial score (nSPS) is 10.0. The van der Waals surface area contributed by atoms with Gasteiger partial charge in [-0.1, -0.05) is 58.0 Å². The van der Waals surface area contributed by atoms with Gasteiger partial charge in [-0.3, -0.25) is 14.7 Å². The first-order valence-electron chi connectivity index (χ1n) is 8.31. The number of carbonyl (C=O) groups excluding carboxylic acids is 1. The summed E-state index contributed by atoms with van der Waals surface area (Å²) in [6.45, 7) is 8.00. The lowest BCUT2D eigenvalue weighted by molar-refractivity contribution is -0.124. The fourth-order valence-corrected chi connectivity index (χ4v) is 2.83. The van der Waals surface area contributed by atoms with Crippen molar-refractivity contribution in [1.29, 1.82) is 0 Å². The molecule has 3 N–H and O–H groups in total. The summed E-state index contributed by atoms with van der Waals surface area (Å²) in [5, 5.41) is 8.40. The molecular formula is C19H26N2O4S. The molecule has 0 bridgehead atoms. The third-order valence-electron chi connectivity index (χ3n) is 2.73. The Hall–Kier alpha value is -2.64. The van der Waals surface area contributed by atoms with E-state index in [4.69, 9.17) is 5.21 Å². The molecule has 0 saturated carbocycles. The number of amides is 1. The van der Waals surface area contributed by atoms with Crippen LogP contribution in [0.3, 0.4) is 0 Å². The highest BCUT2D eigenvalue weighted by molar-refractivity contribution is 7.92. The predicted octanol–water partition coefficient (Wildman–Crippen LogP) is 4.06. The van der Waals surface area contributed by atoms with Crippen molar-refractivity contribution in [3.8, 4) is 0 Å². The van der Waals surface area contributed by atoms with Gasteiger partial charge in [-0.25, -0.2) is 13.9 Å². The lowest BCUT2D eigenvalue weighted by atomic mass is 10.2. The maximum atomic E-state index is 12.3. The molecule has 2 rings (SSSR count). The molecule has 0 aromatic heterocycles. The van der Waals surface area contributed by atoms with E-state index in [1.165, 1.54) is 23.7 Å². The third-order valence-corrected chi connectivity index (χ3v) is 4.11. The van der Waals surface area contributed by atoms with Gasteiger partial charge in [-0.15, -0.1) is 0 Å². The molecule has 0 saturated heterocycles. The van der Waals surface area contributed by atoms with Crippen molar-refractivity contribution in [3.05, 3.63) is 66.2 Å². The first-order valence-corrected chi connectivity index (χ1v) is 9.80. The first-order chi connectivity index (χ1) is 12.5.